The summed E-state index contributed by atoms with van der Waals surface area (Å²) in [7, 11) is 0. The number of benzene rings is 1. The summed E-state index contributed by atoms with van der Waals surface area (Å²) in [5, 5.41) is 2.08. The van der Waals surface area contributed by atoms with Crippen molar-refractivity contribution >= 4 is 17.2 Å². The molecule has 0 atom stereocenters. The number of carbonyl (C=O) groups is 1. The van der Waals surface area contributed by atoms with Crippen LogP contribution in [0.3, 0.4) is 0 Å². The molecule has 3 rings (SSSR count). The van der Waals surface area contributed by atoms with Crippen LogP contribution in [-0.4, -0.2) is 17.4 Å². The topological polar surface area (TPSA) is 33.5 Å². The Balaban J connectivity index is 1.60. The molecule has 0 aliphatic heterocycles. The van der Waals surface area contributed by atoms with E-state index in [0.29, 0.717) is 13.0 Å². The molecule has 0 spiro atoms. The van der Waals surface area contributed by atoms with E-state index in [-0.39, 0.29) is 5.91 Å². The van der Waals surface area contributed by atoms with E-state index in [2.05, 4.69) is 29.6 Å². The minimum atomic E-state index is 0.191. The molecule has 0 aliphatic carbocycles. The summed E-state index contributed by atoms with van der Waals surface area (Å²) in [6.45, 7) is 1.34. The third kappa shape index (κ3) is 4.83. The quantitative estimate of drug-likeness (QED) is 0.603. The molecule has 3 aromatic rings. The van der Waals surface area contributed by atoms with Crippen molar-refractivity contribution in [3.8, 4) is 0 Å². The van der Waals surface area contributed by atoms with Crippen LogP contribution in [0.2, 0.25) is 0 Å². The first-order valence-corrected chi connectivity index (χ1v) is 9.04. The highest BCUT2D eigenvalue weighted by atomic mass is 32.1. The third-order valence-corrected chi connectivity index (χ3v) is 4.92. The predicted molar refractivity (Wildman–Crippen MR) is 96.9 cm³/mol. The maximum Gasteiger partial charge on any atom is 0.223 e. The molecule has 0 aliphatic rings. The minimum Gasteiger partial charge on any atom is -0.472 e. The molecule has 0 fully saturated rings. The lowest BCUT2D eigenvalue weighted by atomic mass is 10.1. The van der Waals surface area contributed by atoms with Crippen LogP contribution in [0.5, 0.6) is 0 Å². The fourth-order valence-corrected chi connectivity index (χ4v) is 3.35. The standard InChI is InChI=1S/C20H21NO2S/c22-20(9-8-17-5-2-1-3-6-17)21(15-18-11-13-23-16-18)12-10-19-7-4-14-24-19/h1-7,11,13-14,16H,8-10,12,15H2. The SMILES string of the molecule is O=C(CCc1ccccc1)N(CCc1cccs1)Cc1ccoc1. The summed E-state index contributed by atoms with van der Waals surface area (Å²) in [6, 6.07) is 16.3. The molecule has 0 radical (unpaired) electrons. The van der Waals surface area contributed by atoms with Crippen molar-refractivity contribution in [1.82, 2.24) is 4.90 Å². The Hall–Kier alpha value is -2.33. The summed E-state index contributed by atoms with van der Waals surface area (Å²) < 4.78 is 5.14. The van der Waals surface area contributed by atoms with Gasteiger partial charge in [-0.1, -0.05) is 36.4 Å². The second-order valence-electron chi connectivity index (χ2n) is 5.76. The Bertz CT molecular complexity index is 720. The average molecular weight is 339 g/mol. The van der Waals surface area contributed by atoms with Gasteiger partial charge in [-0.2, -0.15) is 0 Å². The van der Waals surface area contributed by atoms with E-state index in [1.807, 2.05) is 29.2 Å². The van der Waals surface area contributed by atoms with Gasteiger partial charge in [-0.15, -0.1) is 11.3 Å². The van der Waals surface area contributed by atoms with Crippen molar-refractivity contribution < 1.29 is 9.21 Å². The number of rotatable bonds is 8. The zero-order chi connectivity index (χ0) is 16.6. The number of carbonyl (C=O) groups excluding carboxylic acids is 1. The van der Waals surface area contributed by atoms with E-state index < -0.39 is 0 Å². The van der Waals surface area contributed by atoms with E-state index >= 15 is 0 Å². The van der Waals surface area contributed by atoms with Crippen LogP contribution in [0.25, 0.3) is 0 Å². The highest BCUT2D eigenvalue weighted by Crippen LogP contribution is 2.14. The molecule has 0 bridgehead atoms. The van der Waals surface area contributed by atoms with Crippen LogP contribution >= 0.6 is 11.3 Å². The van der Waals surface area contributed by atoms with Crippen LogP contribution in [0.15, 0.2) is 70.9 Å². The minimum absolute atomic E-state index is 0.191. The molecule has 24 heavy (non-hydrogen) atoms. The number of nitrogens with zero attached hydrogens (tertiary/aromatic N) is 1. The van der Waals surface area contributed by atoms with Crippen molar-refractivity contribution in [2.75, 3.05) is 6.54 Å². The molecule has 124 valence electrons. The number of hydrogen-bond acceptors (Lipinski definition) is 3. The van der Waals surface area contributed by atoms with Crippen LogP contribution in [-0.2, 0) is 24.2 Å². The van der Waals surface area contributed by atoms with Gasteiger partial charge in [-0.25, -0.2) is 0 Å². The lowest BCUT2D eigenvalue weighted by Crippen LogP contribution is -2.32. The van der Waals surface area contributed by atoms with Crippen LogP contribution < -0.4 is 0 Å². The fraction of sp³-hybridized carbons (Fsp3) is 0.250. The molecule has 4 heteroatoms. The predicted octanol–water partition coefficient (Wildman–Crippen LogP) is 4.55. The van der Waals surface area contributed by atoms with E-state index in [1.54, 1.807) is 23.9 Å². The third-order valence-electron chi connectivity index (χ3n) is 3.98. The van der Waals surface area contributed by atoms with Gasteiger partial charge in [0.05, 0.1) is 12.5 Å². The second-order valence-corrected chi connectivity index (χ2v) is 6.79. The summed E-state index contributed by atoms with van der Waals surface area (Å²) in [4.78, 5) is 15.9. The molecule has 0 N–H and O–H groups in total. The van der Waals surface area contributed by atoms with E-state index in [0.717, 1.165) is 24.9 Å². The Morgan fingerprint density at radius 3 is 2.58 bits per heavy atom. The van der Waals surface area contributed by atoms with Gasteiger partial charge < -0.3 is 9.32 Å². The van der Waals surface area contributed by atoms with E-state index in [1.165, 1.54) is 10.4 Å². The molecule has 1 amide bonds. The van der Waals surface area contributed by atoms with Gasteiger partial charge in [0.1, 0.15) is 0 Å². The zero-order valence-corrected chi connectivity index (χ0v) is 14.4. The number of aryl methyl sites for hydroxylation is 1. The molecular weight excluding hydrogens is 318 g/mol. The molecule has 0 unspecified atom stereocenters. The summed E-state index contributed by atoms with van der Waals surface area (Å²) in [6.07, 6.45) is 5.57. The number of furan rings is 1. The van der Waals surface area contributed by atoms with E-state index in [9.17, 15) is 4.79 Å². The van der Waals surface area contributed by atoms with Crippen molar-refractivity contribution in [2.45, 2.75) is 25.8 Å². The molecular formula is C20H21NO2S. The summed E-state index contributed by atoms with van der Waals surface area (Å²) >= 11 is 1.74. The number of thiophene rings is 1. The highest BCUT2D eigenvalue weighted by Gasteiger charge is 2.15. The molecule has 1 aromatic carbocycles. The second kappa shape index (κ2) is 8.50. The van der Waals surface area contributed by atoms with Gasteiger partial charge in [-0.05, 0) is 35.9 Å². The summed E-state index contributed by atoms with van der Waals surface area (Å²) in [5.74, 6) is 0.191. The van der Waals surface area contributed by atoms with Gasteiger partial charge in [0.15, 0.2) is 0 Å². The van der Waals surface area contributed by atoms with Crippen LogP contribution in [0.1, 0.15) is 22.4 Å². The van der Waals surface area contributed by atoms with Crippen molar-refractivity contribution in [3.63, 3.8) is 0 Å². The molecule has 3 nitrogen and oxygen atoms in total. The zero-order valence-electron chi connectivity index (χ0n) is 13.6. The average Bonchev–Trinajstić information content (AvgIpc) is 3.31. The molecule has 0 saturated carbocycles. The van der Waals surface area contributed by atoms with Gasteiger partial charge >= 0.3 is 0 Å². The first-order chi connectivity index (χ1) is 11.8. The van der Waals surface area contributed by atoms with E-state index in [4.69, 9.17) is 4.42 Å². The smallest absolute Gasteiger partial charge is 0.223 e. The highest BCUT2D eigenvalue weighted by molar-refractivity contribution is 7.09. The van der Waals surface area contributed by atoms with Crippen molar-refractivity contribution in [2.24, 2.45) is 0 Å². The Morgan fingerprint density at radius 2 is 1.88 bits per heavy atom. The monoisotopic (exact) mass is 339 g/mol. The van der Waals surface area contributed by atoms with Gasteiger partial charge in [0.2, 0.25) is 5.91 Å². The lowest BCUT2D eigenvalue weighted by molar-refractivity contribution is -0.131. The maximum absolute atomic E-state index is 12.7. The van der Waals surface area contributed by atoms with Gasteiger partial charge in [-0.3, -0.25) is 4.79 Å². The Kier molecular flexibility index (Phi) is 5.85. The Labute approximate surface area is 146 Å². The van der Waals surface area contributed by atoms with Crippen molar-refractivity contribution in [1.29, 1.82) is 0 Å². The van der Waals surface area contributed by atoms with Crippen LogP contribution in [0, 0.1) is 0 Å². The Morgan fingerprint density at radius 1 is 1.00 bits per heavy atom. The lowest BCUT2D eigenvalue weighted by Gasteiger charge is -2.22. The molecule has 2 heterocycles. The first kappa shape index (κ1) is 16.5. The fourth-order valence-electron chi connectivity index (χ4n) is 2.65. The largest absolute Gasteiger partial charge is 0.472 e. The number of amides is 1. The molecule has 2 aromatic heterocycles. The van der Waals surface area contributed by atoms with Gasteiger partial charge in [0, 0.05) is 30.0 Å². The van der Waals surface area contributed by atoms with Gasteiger partial charge in [0.25, 0.3) is 0 Å². The van der Waals surface area contributed by atoms with Crippen LogP contribution in [0.4, 0.5) is 0 Å². The maximum atomic E-state index is 12.7. The normalized spacial score (nSPS) is 10.7. The summed E-state index contributed by atoms with van der Waals surface area (Å²) in [5.41, 5.74) is 2.24. The number of hydrogen-bond donors (Lipinski definition) is 0. The van der Waals surface area contributed by atoms with Crippen molar-refractivity contribution in [3.05, 3.63) is 82.4 Å². The first-order valence-electron chi connectivity index (χ1n) is 8.16. The molecule has 0 saturated heterocycles.